The van der Waals surface area contributed by atoms with Gasteiger partial charge in [0.1, 0.15) is 0 Å². The molecule has 0 aromatic heterocycles. The van der Waals surface area contributed by atoms with Crippen LogP contribution in [0.2, 0.25) is 0 Å². The van der Waals surface area contributed by atoms with E-state index in [9.17, 15) is 0 Å². The Kier molecular flexibility index (Phi) is 0.704. The van der Waals surface area contributed by atoms with Crippen LogP contribution in [0, 0.1) is 0 Å². The van der Waals surface area contributed by atoms with Crippen LogP contribution in [-0.2, 0) is 6.42 Å². The first kappa shape index (κ1) is 3.77. The lowest BCUT2D eigenvalue weighted by Gasteiger charge is -2.01. The van der Waals surface area contributed by atoms with E-state index in [-0.39, 0.29) is 48.4 Å². The zero-order chi connectivity index (χ0) is 14.8. The molecule has 14 heavy (non-hydrogen) atoms. The number of hydrogen-bond donors (Lipinski definition) is 1. The number of fused-ring (bicyclic) bond motifs is 3. The molecule has 0 amide bonds. The molecule has 0 fully saturated rings. The third-order valence-electron chi connectivity index (χ3n) is 2.34. The largest absolute Gasteiger partial charge is 0.399 e. The molecular weight excluding hydrogens is 170 g/mol. The molecule has 1 nitrogen and oxygen atoms in total. The van der Waals surface area contributed by atoms with Crippen molar-refractivity contribution in [3.05, 3.63) is 53.4 Å². The lowest BCUT2D eigenvalue weighted by Crippen LogP contribution is -1.86. The molecular formula is C13H11N. The van der Waals surface area contributed by atoms with E-state index < -0.39 is 0 Å². The van der Waals surface area contributed by atoms with Gasteiger partial charge >= 0.3 is 0 Å². The van der Waals surface area contributed by atoms with Crippen molar-refractivity contribution in [1.82, 2.24) is 0 Å². The van der Waals surface area contributed by atoms with Crippen LogP contribution in [0.3, 0.4) is 0 Å². The SMILES string of the molecule is [2H]c1cc(N)c([2H])c2c1Cc1c([2H])c([2H])c([2H])c([2H])c1-2. The topological polar surface area (TPSA) is 26.0 Å². The van der Waals surface area contributed by atoms with Crippen LogP contribution in [0.4, 0.5) is 5.69 Å². The Balaban J connectivity index is 2.48. The minimum atomic E-state index is -0.324. The molecule has 0 spiro atoms. The lowest BCUT2D eigenvalue weighted by molar-refractivity contribution is 1.26. The Morgan fingerprint density at radius 1 is 1.07 bits per heavy atom. The van der Waals surface area contributed by atoms with Crippen LogP contribution in [0.5, 0.6) is 0 Å². The van der Waals surface area contributed by atoms with Gasteiger partial charge in [0.25, 0.3) is 0 Å². The van der Waals surface area contributed by atoms with Crippen molar-refractivity contribution in [3.63, 3.8) is 0 Å². The first-order valence-electron chi connectivity index (χ1n) is 7.32. The van der Waals surface area contributed by atoms with E-state index in [1.165, 1.54) is 6.07 Å². The molecule has 0 bridgehead atoms. The highest BCUT2D eigenvalue weighted by Crippen LogP contribution is 2.37. The number of rotatable bonds is 0. The fraction of sp³-hybridized carbons (Fsp3) is 0.0769. The van der Waals surface area contributed by atoms with E-state index in [1.807, 2.05) is 0 Å². The van der Waals surface area contributed by atoms with Crippen molar-refractivity contribution in [3.8, 4) is 11.1 Å². The first-order valence-corrected chi connectivity index (χ1v) is 4.32. The second kappa shape index (κ2) is 2.61. The minimum Gasteiger partial charge on any atom is -0.399 e. The Morgan fingerprint density at radius 2 is 1.86 bits per heavy atom. The minimum absolute atomic E-state index is 0.0276. The Bertz CT molecular complexity index is 769. The smallest absolute Gasteiger partial charge is 0.0651 e. The fourth-order valence-electron chi connectivity index (χ4n) is 1.71. The van der Waals surface area contributed by atoms with Gasteiger partial charge in [-0.25, -0.2) is 0 Å². The van der Waals surface area contributed by atoms with Crippen LogP contribution in [0.1, 0.15) is 19.4 Å². The molecule has 0 saturated heterocycles. The maximum Gasteiger partial charge on any atom is 0.0651 e. The molecule has 0 aliphatic heterocycles. The second-order valence-corrected chi connectivity index (χ2v) is 3.25. The maximum absolute atomic E-state index is 8.03. The van der Waals surface area contributed by atoms with E-state index >= 15 is 0 Å². The van der Waals surface area contributed by atoms with Gasteiger partial charge in [0, 0.05) is 5.69 Å². The van der Waals surface area contributed by atoms with Crippen LogP contribution in [0.15, 0.2) is 42.3 Å². The molecule has 0 radical (unpaired) electrons. The van der Waals surface area contributed by atoms with Gasteiger partial charge in [-0.1, -0.05) is 30.2 Å². The van der Waals surface area contributed by atoms with Crippen molar-refractivity contribution in [2.75, 3.05) is 5.73 Å². The van der Waals surface area contributed by atoms with Gasteiger partial charge in [-0.05, 0) is 40.8 Å². The molecule has 2 aromatic carbocycles. The van der Waals surface area contributed by atoms with Crippen LogP contribution in [0.25, 0.3) is 11.1 Å². The number of nitrogen functional groups attached to an aromatic ring is 1. The lowest BCUT2D eigenvalue weighted by atomic mass is 10.1. The van der Waals surface area contributed by atoms with E-state index in [4.69, 9.17) is 14.0 Å². The van der Waals surface area contributed by atoms with Gasteiger partial charge in [-0.2, -0.15) is 0 Å². The van der Waals surface area contributed by atoms with Crippen molar-refractivity contribution in [2.45, 2.75) is 6.42 Å². The van der Waals surface area contributed by atoms with Gasteiger partial charge in [0.2, 0.25) is 0 Å². The summed E-state index contributed by atoms with van der Waals surface area (Å²) in [5.41, 5.74) is 7.53. The zero-order valence-corrected chi connectivity index (χ0v) is 7.36. The Morgan fingerprint density at radius 3 is 2.79 bits per heavy atom. The normalized spacial score (nSPS) is 18.3. The number of hydrogen-bond acceptors (Lipinski definition) is 1. The summed E-state index contributed by atoms with van der Waals surface area (Å²) in [4.78, 5) is 0. The third-order valence-corrected chi connectivity index (χ3v) is 2.34. The summed E-state index contributed by atoms with van der Waals surface area (Å²) in [6.45, 7) is 0. The summed E-state index contributed by atoms with van der Waals surface area (Å²) in [6.07, 6.45) is 0.243. The van der Waals surface area contributed by atoms with E-state index in [0.29, 0.717) is 22.3 Å². The summed E-state index contributed by atoms with van der Waals surface area (Å²) < 4.78 is 47.3. The van der Waals surface area contributed by atoms with Crippen molar-refractivity contribution < 1.29 is 8.22 Å². The predicted molar refractivity (Wildman–Crippen MR) is 59.1 cm³/mol. The monoisotopic (exact) mass is 187 g/mol. The highest BCUT2D eigenvalue weighted by atomic mass is 14.5. The molecule has 0 saturated carbocycles. The summed E-state index contributed by atoms with van der Waals surface area (Å²) in [5.74, 6) is 0. The molecule has 1 aliphatic rings. The molecule has 0 heterocycles. The first-order chi connectivity index (χ1) is 9.34. The third kappa shape index (κ3) is 0.956. The molecule has 2 N–H and O–H groups in total. The number of benzene rings is 2. The quantitative estimate of drug-likeness (QED) is 0.538. The molecule has 3 rings (SSSR count). The standard InChI is InChI=1S/C13H11N/c14-11-6-5-10-7-9-3-1-2-4-12(9)13(10)8-11/h1-6,8H,7,14H2/i1D,2D,3D,4D,5D,8D. The average Bonchev–Trinajstić information content (AvgIpc) is 2.81. The van der Waals surface area contributed by atoms with E-state index in [2.05, 4.69) is 0 Å². The van der Waals surface area contributed by atoms with Gasteiger partial charge in [0.15, 0.2) is 0 Å². The molecule has 0 atom stereocenters. The molecule has 68 valence electrons. The summed E-state index contributed by atoms with van der Waals surface area (Å²) in [7, 11) is 0. The molecule has 1 heteroatoms. The number of anilines is 1. The average molecular weight is 187 g/mol. The van der Waals surface area contributed by atoms with Gasteiger partial charge in [-0.15, -0.1) is 0 Å². The van der Waals surface area contributed by atoms with Crippen molar-refractivity contribution >= 4 is 5.69 Å². The summed E-state index contributed by atoms with van der Waals surface area (Å²) in [5, 5.41) is 0. The van der Waals surface area contributed by atoms with Crippen molar-refractivity contribution in [1.29, 1.82) is 0 Å². The van der Waals surface area contributed by atoms with Crippen LogP contribution in [-0.4, -0.2) is 0 Å². The Hall–Kier alpha value is -1.76. The predicted octanol–water partition coefficient (Wildman–Crippen LogP) is 2.84. The Labute approximate surface area is 91.6 Å². The van der Waals surface area contributed by atoms with Crippen LogP contribution < -0.4 is 5.73 Å². The van der Waals surface area contributed by atoms with Gasteiger partial charge in [-0.3, -0.25) is 0 Å². The summed E-state index contributed by atoms with van der Waals surface area (Å²) >= 11 is 0. The number of nitrogens with two attached hydrogens (primary N) is 1. The van der Waals surface area contributed by atoms with Crippen LogP contribution >= 0.6 is 0 Å². The highest BCUT2D eigenvalue weighted by Gasteiger charge is 2.16. The molecule has 1 aliphatic carbocycles. The fourth-order valence-corrected chi connectivity index (χ4v) is 1.71. The van der Waals surface area contributed by atoms with Gasteiger partial charge < -0.3 is 5.73 Å². The summed E-state index contributed by atoms with van der Waals surface area (Å²) in [6, 6.07) is 0.709. The van der Waals surface area contributed by atoms with E-state index in [1.54, 1.807) is 0 Å². The molecule has 0 unspecified atom stereocenters. The van der Waals surface area contributed by atoms with Gasteiger partial charge in [0.05, 0.1) is 8.22 Å². The highest BCUT2D eigenvalue weighted by molar-refractivity contribution is 5.78. The molecule has 2 aromatic rings. The van der Waals surface area contributed by atoms with Crippen molar-refractivity contribution in [2.24, 2.45) is 0 Å². The maximum atomic E-state index is 8.03. The zero-order valence-electron chi connectivity index (χ0n) is 13.4. The van der Waals surface area contributed by atoms with E-state index in [0.717, 1.165) is 0 Å². The second-order valence-electron chi connectivity index (χ2n) is 3.25.